The Bertz CT molecular complexity index is 897. The van der Waals surface area contributed by atoms with Crippen LogP contribution in [0.1, 0.15) is 34.8 Å². The molecule has 1 saturated carbocycles. The molecule has 1 aromatic carbocycles. The number of likely N-dealkylation sites (tertiary alicyclic amines) is 1. The third kappa shape index (κ3) is 2.47. The monoisotopic (exact) mass is 363 g/mol. The molecule has 1 N–H and O–H groups in total. The van der Waals surface area contributed by atoms with E-state index in [-0.39, 0.29) is 42.3 Å². The van der Waals surface area contributed by atoms with Crippen LogP contribution in [0, 0.1) is 5.92 Å². The number of carbonyl (C=O) groups is 2. The van der Waals surface area contributed by atoms with Crippen molar-refractivity contribution < 1.29 is 14.7 Å². The summed E-state index contributed by atoms with van der Waals surface area (Å²) in [5, 5.41) is 10.00. The van der Waals surface area contributed by atoms with Crippen LogP contribution in [0.2, 0.25) is 0 Å². The van der Waals surface area contributed by atoms with E-state index in [4.69, 9.17) is 0 Å². The molecule has 0 unspecified atom stereocenters. The van der Waals surface area contributed by atoms with Gasteiger partial charge in [0.05, 0.1) is 18.7 Å². The number of hydrogen-bond donors (Lipinski definition) is 1. The standard InChI is InChI=1S/C21H21N3O3/c25-12-18-19-14-5-1-2-7-16(14)23(20(26)13-8-9-13)11-17(19)24(18)21(27)15-6-3-4-10-22-15/h1-7,10,13,17-19,25H,8-9,11-12H2/t17-,18-,19+/m0/s1. The number of hydrogen-bond acceptors (Lipinski definition) is 4. The summed E-state index contributed by atoms with van der Waals surface area (Å²) in [6.45, 7) is 0.372. The molecule has 6 heteroatoms. The Balaban J connectivity index is 1.52. The molecule has 138 valence electrons. The van der Waals surface area contributed by atoms with Gasteiger partial charge in [0.1, 0.15) is 5.69 Å². The number of pyridine rings is 1. The number of aliphatic hydroxyl groups excluding tert-OH is 1. The van der Waals surface area contributed by atoms with Crippen molar-refractivity contribution >= 4 is 17.5 Å². The van der Waals surface area contributed by atoms with Crippen molar-refractivity contribution in [2.75, 3.05) is 18.1 Å². The van der Waals surface area contributed by atoms with Crippen molar-refractivity contribution in [1.29, 1.82) is 0 Å². The van der Waals surface area contributed by atoms with Crippen LogP contribution in [0.5, 0.6) is 0 Å². The predicted molar refractivity (Wildman–Crippen MR) is 99.3 cm³/mol. The van der Waals surface area contributed by atoms with Gasteiger partial charge in [0, 0.05) is 30.3 Å². The molecule has 0 bridgehead atoms. The molecule has 5 rings (SSSR count). The fraction of sp³-hybridized carbons (Fsp3) is 0.381. The summed E-state index contributed by atoms with van der Waals surface area (Å²) in [6, 6.07) is 12.7. The summed E-state index contributed by atoms with van der Waals surface area (Å²) in [6.07, 6.45) is 3.49. The van der Waals surface area contributed by atoms with Gasteiger partial charge in [0.15, 0.2) is 0 Å². The van der Waals surface area contributed by atoms with Gasteiger partial charge in [-0.3, -0.25) is 14.6 Å². The molecule has 0 spiro atoms. The van der Waals surface area contributed by atoms with Crippen molar-refractivity contribution in [1.82, 2.24) is 9.88 Å². The first-order valence-electron chi connectivity index (χ1n) is 9.45. The molecule has 2 amide bonds. The van der Waals surface area contributed by atoms with Gasteiger partial charge in [-0.1, -0.05) is 24.3 Å². The van der Waals surface area contributed by atoms with Crippen molar-refractivity contribution in [3.05, 3.63) is 59.9 Å². The third-order valence-corrected chi connectivity index (χ3v) is 6.00. The van der Waals surface area contributed by atoms with Crippen LogP contribution in [0.4, 0.5) is 5.69 Å². The molecular formula is C21H21N3O3. The lowest BCUT2D eigenvalue weighted by molar-refractivity contribution is -0.120. The first kappa shape index (κ1) is 16.4. The van der Waals surface area contributed by atoms with Crippen LogP contribution >= 0.6 is 0 Å². The number of fused-ring (bicyclic) bond motifs is 3. The van der Waals surface area contributed by atoms with E-state index in [1.165, 1.54) is 0 Å². The summed E-state index contributed by atoms with van der Waals surface area (Å²) >= 11 is 0. The average Bonchev–Trinajstić information content (AvgIpc) is 3.54. The van der Waals surface area contributed by atoms with Gasteiger partial charge in [0.2, 0.25) is 5.91 Å². The van der Waals surface area contributed by atoms with Gasteiger partial charge in [-0.25, -0.2) is 0 Å². The molecular weight excluding hydrogens is 342 g/mol. The Hall–Kier alpha value is -2.73. The molecule has 2 fully saturated rings. The average molecular weight is 363 g/mol. The lowest BCUT2D eigenvalue weighted by atomic mass is 9.71. The summed E-state index contributed by atoms with van der Waals surface area (Å²) < 4.78 is 0. The minimum absolute atomic E-state index is 0.0436. The quantitative estimate of drug-likeness (QED) is 0.903. The molecule has 6 nitrogen and oxygen atoms in total. The number of carbonyl (C=O) groups excluding carboxylic acids is 2. The molecule has 1 aromatic heterocycles. The molecule has 1 saturated heterocycles. The van der Waals surface area contributed by atoms with E-state index in [1.54, 1.807) is 29.3 Å². The summed E-state index contributed by atoms with van der Waals surface area (Å²) in [5.74, 6) is 0.123. The van der Waals surface area contributed by atoms with E-state index >= 15 is 0 Å². The maximum absolute atomic E-state index is 13.0. The van der Waals surface area contributed by atoms with E-state index < -0.39 is 0 Å². The number of anilines is 1. The van der Waals surface area contributed by atoms with E-state index in [2.05, 4.69) is 4.98 Å². The topological polar surface area (TPSA) is 73.7 Å². The van der Waals surface area contributed by atoms with Crippen LogP contribution in [-0.2, 0) is 4.79 Å². The first-order valence-corrected chi connectivity index (χ1v) is 9.45. The van der Waals surface area contributed by atoms with Crippen molar-refractivity contribution in [2.45, 2.75) is 30.8 Å². The highest BCUT2D eigenvalue weighted by Crippen LogP contribution is 2.49. The fourth-order valence-corrected chi connectivity index (χ4v) is 4.55. The van der Waals surface area contributed by atoms with E-state index in [0.29, 0.717) is 12.2 Å². The minimum Gasteiger partial charge on any atom is -0.394 e. The normalized spacial score (nSPS) is 26.0. The molecule has 3 aliphatic rings. The maximum atomic E-state index is 13.0. The molecule has 3 atom stereocenters. The van der Waals surface area contributed by atoms with E-state index in [9.17, 15) is 14.7 Å². The van der Waals surface area contributed by atoms with E-state index in [1.807, 2.05) is 29.2 Å². The summed E-state index contributed by atoms with van der Waals surface area (Å²) in [7, 11) is 0. The Morgan fingerprint density at radius 1 is 1.11 bits per heavy atom. The van der Waals surface area contributed by atoms with Crippen molar-refractivity contribution in [3.63, 3.8) is 0 Å². The van der Waals surface area contributed by atoms with Gasteiger partial charge in [-0.05, 0) is 36.6 Å². The zero-order valence-electron chi connectivity index (χ0n) is 14.9. The lowest BCUT2D eigenvalue weighted by Crippen LogP contribution is -2.70. The zero-order valence-corrected chi connectivity index (χ0v) is 14.9. The highest BCUT2D eigenvalue weighted by Gasteiger charge is 2.56. The van der Waals surface area contributed by atoms with Crippen molar-refractivity contribution in [3.8, 4) is 0 Å². The first-order chi connectivity index (χ1) is 13.2. The Labute approximate surface area is 157 Å². The highest BCUT2D eigenvalue weighted by molar-refractivity contribution is 5.99. The number of rotatable bonds is 3. The van der Waals surface area contributed by atoms with Crippen LogP contribution in [0.25, 0.3) is 0 Å². The van der Waals surface area contributed by atoms with Crippen molar-refractivity contribution in [2.24, 2.45) is 5.92 Å². The fourth-order valence-electron chi connectivity index (χ4n) is 4.55. The molecule has 2 aromatic rings. The Morgan fingerprint density at radius 3 is 2.59 bits per heavy atom. The number of amides is 2. The molecule has 2 aliphatic heterocycles. The second kappa shape index (κ2) is 6.16. The van der Waals surface area contributed by atoms with Gasteiger partial charge < -0.3 is 14.9 Å². The van der Waals surface area contributed by atoms with Crippen LogP contribution in [-0.4, -0.2) is 52.0 Å². The van der Waals surface area contributed by atoms with Gasteiger partial charge >= 0.3 is 0 Å². The largest absolute Gasteiger partial charge is 0.394 e. The van der Waals surface area contributed by atoms with Crippen LogP contribution in [0.3, 0.4) is 0 Å². The summed E-state index contributed by atoms with van der Waals surface area (Å²) in [4.78, 5) is 33.6. The molecule has 3 heterocycles. The maximum Gasteiger partial charge on any atom is 0.273 e. The number of para-hydroxylation sites is 1. The lowest BCUT2D eigenvalue weighted by Gasteiger charge is -2.58. The Morgan fingerprint density at radius 2 is 1.89 bits per heavy atom. The van der Waals surface area contributed by atoms with E-state index in [0.717, 1.165) is 24.1 Å². The molecule has 1 aliphatic carbocycles. The smallest absolute Gasteiger partial charge is 0.273 e. The van der Waals surface area contributed by atoms with Gasteiger partial charge in [0.25, 0.3) is 5.91 Å². The molecule has 0 radical (unpaired) electrons. The number of aliphatic hydroxyl groups is 1. The SMILES string of the molecule is O=C(C1CC1)N1C[C@H]2[C@@H](c3ccccc31)[C@H](CO)N2C(=O)c1ccccn1. The van der Waals surface area contributed by atoms with Crippen LogP contribution in [0.15, 0.2) is 48.7 Å². The number of nitrogens with zero attached hydrogens (tertiary/aromatic N) is 3. The second-order valence-electron chi connectivity index (χ2n) is 7.55. The second-order valence-corrected chi connectivity index (χ2v) is 7.55. The zero-order chi connectivity index (χ0) is 18.5. The minimum atomic E-state index is -0.288. The third-order valence-electron chi connectivity index (χ3n) is 6.00. The van der Waals surface area contributed by atoms with Crippen LogP contribution < -0.4 is 4.90 Å². The van der Waals surface area contributed by atoms with Gasteiger partial charge in [-0.15, -0.1) is 0 Å². The predicted octanol–water partition coefficient (Wildman–Crippen LogP) is 1.81. The Kier molecular flexibility index (Phi) is 3.75. The highest BCUT2D eigenvalue weighted by atomic mass is 16.3. The number of benzene rings is 1. The molecule has 27 heavy (non-hydrogen) atoms. The summed E-state index contributed by atoms with van der Waals surface area (Å²) in [5.41, 5.74) is 2.35. The number of aromatic nitrogens is 1. The van der Waals surface area contributed by atoms with Gasteiger partial charge in [-0.2, -0.15) is 0 Å².